The number of nitrogens with zero attached hydrogens (tertiary/aromatic N) is 1. The van der Waals surface area contributed by atoms with Gasteiger partial charge in [0.1, 0.15) is 12.2 Å². The van der Waals surface area contributed by atoms with Crippen molar-refractivity contribution in [2.45, 2.75) is 58.8 Å². The van der Waals surface area contributed by atoms with Crippen LogP contribution in [0.25, 0.3) is 11.1 Å². The molecule has 0 bridgehead atoms. The Labute approximate surface area is 196 Å². The summed E-state index contributed by atoms with van der Waals surface area (Å²) < 4.78 is 0. The van der Waals surface area contributed by atoms with E-state index in [1.165, 1.54) is 4.90 Å². The highest BCUT2D eigenvalue weighted by molar-refractivity contribution is 5.84. The summed E-state index contributed by atoms with van der Waals surface area (Å²) in [6.45, 7) is 5.94. The number of carbonyl (C=O) groups excluding carboxylic acids is 1. The van der Waals surface area contributed by atoms with Crippen LogP contribution in [-0.2, 0) is 16.1 Å². The smallest absolute Gasteiger partial charge is 0.326 e. The minimum absolute atomic E-state index is 0.123. The average Bonchev–Trinajstić information content (AvgIpc) is 2.80. The molecule has 8 nitrogen and oxygen atoms in total. The average molecular weight is 456 g/mol. The molecule has 0 saturated heterocycles. The maximum absolute atomic E-state index is 12.9. The zero-order valence-corrected chi connectivity index (χ0v) is 20.0. The Kier molecular flexibility index (Phi) is 10.5. The van der Waals surface area contributed by atoms with Gasteiger partial charge < -0.3 is 10.0 Å². The molecule has 0 radical (unpaired) electrons. The SMILES string of the molecule is CCCCC(=O)N(Cc1ccc(-c2ccccc2C(NN)NNC)cc1)C(C(=O)O)C(C)C. The van der Waals surface area contributed by atoms with Crippen molar-refractivity contribution in [3.05, 3.63) is 59.7 Å². The second-order valence-electron chi connectivity index (χ2n) is 8.43. The fourth-order valence-electron chi connectivity index (χ4n) is 3.94. The molecule has 2 unspecified atom stereocenters. The molecule has 2 atom stereocenters. The Morgan fingerprint density at radius 2 is 1.76 bits per heavy atom. The van der Waals surface area contributed by atoms with Crippen molar-refractivity contribution in [3.8, 4) is 11.1 Å². The van der Waals surface area contributed by atoms with Crippen molar-refractivity contribution < 1.29 is 14.7 Å². The number of hydrazine groups is 2. The Hall–Kier alpha value is -2.78. The number of rotatable bonds is 13. The molecule has 2 aromatic carbocycles. The number of unbranched alkanes of at least 4 members (excludes halogenated alkanes) is 1. The molecule has 1 amide bonds. The van der Waals surface area contributed by atoms with Crippen LogP contribution in [0.1, 0.15) is 57.3 Å². The van der Waals surface area contributed by atoms with Gasteiger partial charge in [-0.05, 0) is 41.6 Å². The number of carboxylic acid groups (broad SMARTS) is 1. The molecule has 180 valence electrons. The van der Waals surface area contributed by atoms with Gasteiger partial charge >= 0.3 is 5.97 Å². The maximum Gasteiger partial charge on any atom is 0.326 e. The summed E-state index contributed by atoms with van der Waals surface area (Å²) in [5.74, 6) is 4.43. The van der Waals surface area contributed by atoms with Crippen molar-refractivity contribution in [2.75, 3.05) is 7.05 Å². The number of carboxylic acids is 1. The highest BCUT2D eigenvalue weighted by Gasteiger charge is 2.32. The zero-order chi connectivity index (χ0) is 24.4. The molecule has 0 aromatic heterocycles. The summed E-state index contributed by atoms with van der Waals surface area (Å²) in [4.78, 5) is 26.4. The van der Waals surface area contributed by atoms with Crippen LogP contribution >= 0.6 is 0 Å². The second kappa shape index (κ2) is 13.1. The van der Waals surface area contributed by atoms with E-state index in [1.54, 1.807) is 7.05 Å². The fourth-order valence-corrected chi connectivity index (χ4v) is 3.94. The number of amides is 1. The van der Waals surface area contributed by atoms with Gasteiger partial charge in [0.05, 0.1) is 0 Å². The third kappa shape index (κ3) is 7.10. The lowest BCUT2D eigenvalue weighted by Gasteiger charge is -2.32. The fraction of sp³-hybridized carbons (Fsp3) is 0.440. The number of hydrogen-bond acceptors (Lipinski definition) is 6. The highest BCUT2D eigenvalue weighted by atomic mass is 16.4. The summed E-state index contributed by atoms with van der Waals surface area (Å²) in [5.41, 5.74) is 12.6. The van der Waals surface area contributed by atoms with E-state index in [2.05, 4.69) is 16.3 Å². The van der Waals surface area contributed by atoms with E-state index < -0.39 is 12.0 Å². The summed E-state index contributed by atoms with van der Waals surface area (Å²) in [6, 6.07) is 14.9. The lowest BCUT2D eigenvalue weighted by molar-refractivity contribution is -0.153. The van der Waals surface area contributed by atoms with Crippen LogP contribution in [0.15, 0.2) is 48.5 Å². The summed E-state index contributed by atoms with van der Waals surface area (Å²) in [7, 11) is 1.77. The van der Waals surface area contributed by atoms with Gasteiger partial charge in [0, 0.05) is 13.0 Å². The summed E-state index contributed by atoms with van der Waals surface area (Å²) in [5, 5.41) is 9.79. The van der Waals surface area contributed by atoms with Crippen molar-refractivity contribution in [1.29, 1.82) is 0 Å². The number of nitrogens with two attached hydrogens (primary N) is 1. The van der Waals surface area contributed by atoms with E-state index in [-0.39, 0.29) is 24.5 Å². The monoisotopic (exact) mass is 455 g/mol. The molecule has 33 heavy (non-hydrogen) atoms. The van der Waals surface area contributed by atoms with Crippen molar-refractivity contribution in [3.63, 3.8) is 0 Å². The van der Waals surface area contributed by atoms with E-state index in [9.17, 15) is 14.7 Å². The Balaban J connectivity index is 2.33. The first-order valence-electron chi connectivity index (χ1n) is 11.4. The van der Waals surface area contributed by atoms with Gasteiger partial charge in [0.2, 0.25) is 5.91 Å². The molecule has 6 N–H and O–H groups in total. The standard InChI is InChI=1S/C25H37N5O3/c1-5-6-11-22(31)30(23(17(2)3)25(32)33)16-18-12-14-19(15-13-18)20-9-7-8-10-21(20)24(28-26)29-27-4/h7-10,12-15,17,23-24,27-29H,5-6,11,16,26H2,1-4H3,(H,32,33). The summed E-state index contributed by atoms with van der Waals surface area (Å²) >= 11 is 0. The van der Waals surface area contributed by atoms with Crippen molar-refractivity contribution >= 4 is 11.9 Å². The first-order valence-corrected chi connectivity index (χ1v) is 11.4. The third-order valence-corrected chi connectivity index (χ3v) is 5.63. The number of carbonyl (C=O) groups is 2. The van der Waals surface area contributed by atoms with Crippen LogP contribution in [-0.4, -0.2) is 35.0 Å². The Morgan fingerprint density at radius 3 is 2.30 bits per heavy atom. The van der Waals surface area contributed by atoms with E-state index >= 15 is 0 Å². The van der Waals surface area contributed by atoms with E-state index in [0.717, 1.165) is 35.1 Å². The first-order chi connectivity index (χ1) is 15.8. The first kappa shape index (κ1) is 26.5. The van der Waals surface area contributed by atoms with Gasteiger partial charge in [-0.3, -0.25) is 16.1 Å². The predicted octanol–water partition coefficient (Wildman–Crippen LogP) is 3.17. The molecular weight excluding hydrogens is 418 g/mol. The molecule has 0 heterocycles. The van der Waals surface area contributed by atoms with Gasteiger partial charge in [0.25, 0.3) is 0 Å². The predicted molar refractivity (Wildman–Crippen MR) is 130 cm³/mol. The molecule has 0 saturated carbocycles. The molecule has 2 rings (SSSR count). The Bertz CT molecular complexity index is 901. The molecule has 0 aliphatic heterocycles. The number of aliphatic carboxylic acids is 1. The topological polar surface area (TPSA) is 120 Å². The largest absolute Gasteiger partial charge is 0.480 e. The van der Waals surface area contributed by atoms with Crippen LogP contribution < -0.4 is 22.1 Å². The zero-order valence-electron chi connectivity index (χ0n) is 20.0. The molecule has 0 aliphatic rings. The molecule has 0 aliphatic carbocycles. The van der Waals surface area contributed by atoms with Crippen molar-refractivity contribution in [2.24, 2.45) is 11.8 Å². The van der Waals surface area contributed by atoms with Crippen LogP contribution in [0.3, 0.4) is 0 Å². The molecule has 0 fully saturated rings. The molecular formula is C25H37N5O3. The molecule has 0 spiro atoms. The number of nitrogens with one attached hydrogen (secondary N) is 3. The molecule has 8 heteroatoms. The van der Waals surface area contributed by atoms with Crippen LogP contribution in [0.5, 0.6) is 0 Å². The minimum Gasteiger partial charge on any atom is -0.480 e. The van der Waals surface area contributed by atoms with Gasteiger partial charge in [-0.2, -0.15) is 0 Å². The lowest BCUT2D eigenvalue weighted by Crippen LogP contribution is -2.47. The molecule has 2 aromatic rings. The second-order valence-corrected chi connectivity index (χ2v) is 8.43. The summed E-state index contributed by atoms with van der Waals surface area (Å²) in [6.07, 6.45) is 1.69. The van der Waals surface area contributed by atoms with Crippen LogP contribution in [0, 0.1) is 5.92 Å². The highest BCUT2D eigenvalue weighted by Crippen LogP contribution is 2.28. The van der Waals surface area contributed by atoms with Gasteiger partial charge in [-0.1, -0.05) is 75.7 Å². The normalized spacial score (nSPS) is 13.0. The number of benzene rings is 2. The minimum atomic E-state index is -0.974. The maximum atomic E-state index is 12.9. The van der Waals surface area contributed by atoms with E-state index in [4.69, 9.17) is 5.84 Å². The quantitative estimate of drug-likeness (QED) is 0.179. The number of hydrogen-bond donors (Lipinski definition) is 5. The Morgan fingerprint density at radius 1 is 1.09 bits per heavy atom. The lowest BCUT2D eigenvalue weighted by atomic mass is 9.96. The van der Waals surface area contributed by atoms with Crippen molar-refractivity contribution in [1.82, 2.24) is 21.2 Å². The van der Waals surface area contributed by atoms with Gasteiger partial charge in [-0.15, -0.1) is 0 Å². The van der Waals surface area contributed by atoms with Crippen LogP contribution in [0.4, 0.5) is 0 Å². The van der Waals surface area contributed by atoms with Crippen LogP contribution in [0.2, 0.25) is 0 Å². The third-order valence-electron chi connectivity index (χ3n) is 5.63. The van der Waals surface area contributed by atoms with Gasteiger partial charge in [-0.25, -0.2) is 15.6 Å². The van der Waals surface area contributed by atoms with E-state index in [0.29, 0.717) is 6.42 Å². The van der Waals surface area contributed by atoms with Gasteiger partial charge in [0.15, 0.2) is 0 Å². The van der Waals surface area contributed by atoms with E-state index in [1.807, 2.05) is 69.3 Å².